The van der Waals surface area contributed by atoms with Crippen LogP contribution in [0.2, 0.25) is 0 Å². The van der Waals surface area contributed by atoms with E-state index in [0.29, 0.717) is 17.8 Å². The monoisotopic (exact) mass is 458 g/mol. The van der Waals surface area contributed by atoms with Gasteiger partial charge in [-0.3, -0.25) is 19.5 Å². The van der Waals surface area contributed by atoms with Gasteiger partial charge in [0.2, 0.25) is 0 Å². The average molecular weight is 459 g/mol. The predicted molar refractivity (Wildman–Crippen MR) is 127 cm³/mol. The number of aryl methyl sites for hydroxylation is 1. The van der Waals surface area contributed by atoms with Crippen LogP contribution in [-0.4, -0.2) is 24.3 Å². The van der Waals surface area contributed by atoms with Crippen LogP contribution in [0.1, 0.15) is 21.5 Å². The van der Waals surface area contributed by atoms with E-state index in [4.69, 9.17) is 0 Å². The molecule has 0 fully saturated rings. The van der Waals surface area contributed by atoms with Crippen LogP contribution in [0, 0.1) is 6.92 Å². The van der Waals surface area contributed by atoms with E-state index < -0.39 is 10.0 Å². The molecule has 0 atom stereocenters. The predicted octanol–water partition coefficient (Wildman–Crippen LogP) is 4.18. The number of nitrogens with zero attached hydrogens (tertiary/aromatic N) is 2. The van der Waals surface area contributed by atoms with E-state index in [1.54, 1.807) is 55.0 Å². The molecule has 2 aromatic heterocycles. The Hall–Kier alpha value is -4.04. The van der Waals surface area contributed by atoms with E-state index in [1.165, 1.54) is 6.07 Å². The van der Waals surface area contributed by atoms with E-state index in [9.17, 15) is 13.2 Å². The van der Waals surface area contributed by atoms with Gasteiger partial charge in [0, 0.05) is 41.9 Å². The van der Waals surface area contributed by atoms with Gasteiger partial charge in [-0.1, -0.05) is 18.2 Å². The summed E-state index contributed by atoms with van der Waals surface area (Å²) in [4.78, 5) is 21.4. The highest BCUT2D eigenvalue weighted by molar-refractivity contribution is 7.92. The third-order valence-corrected chi connectivity index (χ3v) is 6.34. The number of benzene rings is 2. The van der Waals surface area contributed by atoms with Crippen molar-refractivity contribution >= 4 is 21.6 Å². The van der Waals surface area contributed by atoms with Crippen molar-refractivity contribution in [2.75, 3.05) is 4.72 Å². The zero-order chi connectivity index (χ0) is 23.3. The molecule has 0 aliphatic heterocycles. The number of carbonyl (C=O) groups excluding carboxylic acids is 1. The molecule has 33 heavy (non-hydrogen) atoms. The van der Waals surface area contributed by atoms with Crippen molar-refractivity contribution in [2.45, 2.75) is 18.4 Å². The van der Waals surface area contributed by atoms with Crippen molar-refractivity contribution in [3.05, 3.63) is 108 Å². The van der Waals surface area contributed by atoms with Gasteiger partial charge in [-0.15, -0.1) is 0 Å². The topological polar surface area (TPSA) is 101 Å². The summed E-state index contributed by atoms with van der Waals surface area (Å²) >= 11 is 0. The molecule has 0 radical (unpaired) electrons. The molecule has 0 saturated heterocycles. The van der Waals surface area contributed by atoms with Crippen LogP contribution in [-0.2, 0) is 16.6 Å². The lowest BCUT2D eigenvalue weighted by atomic mass is 10.1. The van der Waals surface area contributed by atoms with Crippen molar-refractivity contribution in [3.63, 3.8) is 0 Å². The largest absolute Gasteiger partial charge is 0.348 e. The third kappa shape index (κ3) is 5.42. The molecular weight excluding hydrogens is 436 g/mol. The lowest BCUT2D eigenvalue weighted by Crippen LogP contribution is -2.23. The highest BCUT2D eigenvalue weighted by Gasteiger charge is 2.15. The summed E-state index contributed by atoms with van der Waals surface area (Å²) in [6.45, 7) is 2.12. The highest BCUT2D eigenvalue weighted by Crippen LogP contribution is 2.20. The lowest BCUT2D eigenvalue weighted by molar-refractivity contribution is 0.0951. The quantitative estimate of drug-likeness (QED) is 0.433. The maximum Gasteiger partial charge on any atom is 0.261 e. The summed E-state index contributed by atoms with van der Waals surface area (Å²) in [5.74, 6) is -0.274. The summed E-state index contributed by atoms with van der Waals surface area (Å²) in [5.41, 5.74) is 4.13. The van der Waals surface area contributed by atoms with Crippen LogP contribution in [0.3, 0.4) is 0 Å². The first-order valence-corrected chi connectivity index (χ1v) is 11.7. The Kier molecular flexibility index (Phi) is 6.46. The fourth-order valence-electron chi connectivity index (χ4n) is 3.31. The number of hydrogen-bond donors (Lipinski definition) is 2. The molecule has 0 bridgehead atoms. The molecule has 2 aromatic carbocycles. The zero-order valence-electron chi connectivity index (χ0n) is 17.9. The maximum atomic E-state index is 12.6. The molecular formula is C25H22N4O3S. The molecule has 4 aromatic rings. The van der Waals surface area contributed by atoms with Gasteiger partial charge in [-0.25, -0.2) is 8.42 Å². The minimum atomic E-state index is -3.71. The number of aromatic nitrogens is 2. The molecule has 0 saturated carbocycles. The number of pyridine rings is 2. The van der Waals surface area contributed by atoms with E-state index >= 15 is 0 Å². The minimum absolute atomic E-state index is 0.185. The van der Waals surface area contributed by atoms with Crippen LogP contribution < -0.4 is 10.0 Å². The number of anilines is 1. The Labute approximate surface area is 192 Å². The molecule has 0 aliphatic carbocycles. The summed E-state index contributed by atoms with van der Waals surface area (Å²) in [7, 11) is -3.71. The second-order valence-corrected chi connectivity index (χ2v) is 9.12. The normalized spacial score (nSPS) is 11.1. The molecule has 4 rings (SSSR count). The van der Waals surface area contributed by atoms with Gasteiger partial charge in [-0.2, -0.15) is 0 Å². The fraction of sp³-hybridized carbons (Fsp3) is 0.0800. The van der Waals surface area contributed by atoms with E-state index in [0.717, 1.165) is 22.4 Å². The molecule has 0 spiro atoms. The Balaban J connectivity index is 1.43. The smallest absolute Gasteiger partial charge is 0.261 e. The first-order chi connectivity index (χ1) is 15.9. The van der Waals surface area contributed by atoms with E-state index in [-0.39, 0.29) is 10.8 Å². The number of rotatable bonds is 7. The first kappa shape index (κ1) is 22.2. The Morgan fingerprint density at radius 2 is 1.73 bits per heavy atom. The van der Waals surface area contributed by atoms with Crippen LogP contribution in [0.5, 0.6) is 0 Å². The molecule has 2 N–H and O–H groups in total. The Morgan fingerprint density at radius 3 is 2.45 bits per heavy atom. The molecule has 1 amide bonds. The second-order valence-electron chi connectivity index (χ2n) is 7.43. The molecule has 7 nitrogen and oxygen atoms in total. The van der Waals surface area contributed by atoms with Gasteiger partial charge in [0.25, 0.3) is 15.9 Å². The summed E-state index contributed by atoms with van der Waals surface area (Å²) in [5, 5.41) is 2.89. The standard InChI is InChI=1S/C25H22N4O3S/c1-18-5-2-8-23(15-18)33(31,32)29-22-11-9-19(10-12-22)25(30)28-17-21-7-4-14-27-24(21)20-6-3-13-26-16-20/h2-16,29H,17H2,1H3,(H,28,30). The van der Waals surface area contributed by atoms with Gasteiger partial charge >= 0.3 is 0 Å². The highest BCUT2D eigenvalue weighted by atomic mass is 32.2. The van der Waals surface area contributed by atoms with Crippen molar-refractivity contribution in [3.8, 4) is 11.3 Å². The number of nitrogens with one attached hydrogen (secondary N) is 2. The van der Waals surface area contributed by atoms with Crippen LogP contribution in [0.25, 0.3) is 11.3 Å². The number of carbonyl (C=O) groups is 1. The second kappa shape index (κ2) is 9.62. The van der Waals surface area contributed by atoms with Crippen molar-refractivity contribution in [2.24, 2.45) is 0 Å². The van der Waals surface area contributed by atoms with Crippen LogP contribution in [0.15, 0.2) is 96.3 Å². The molecule has 166 valence electrons. The number of sulfonamides is 1. The lowest BCUT2D eigenvalue weighted by Gasteiger charge is -2.11. The molecule has 0 aliphatic rings. The SMILES string of the molecule is Cc1cccc(S(=O)(=O)Nc2ccc(C(=O)NCc3cccnc3-c3cccnc3)cc2)c1. The third-order valence-electron chi connectivity index (χ3n) is 4.96. The van der Waals surface area contributed by atoms with Crippen molar-refractivity contribution < 1.29 is 13.2 Å². The van der Waals surface area contributed by atoms with E-state index in [1.807, 2.05) is 37.3 Å². The van der Waals surface area contributed by atoms with Gasteiger partial charge in [0.1, 0.15) is 0 Å². The van der Waals surface area contributed by atoms with E-state index in [2.05, 4.69) is 20.0 Å². The molecule has 2 heterocycles. The molecule has 8 heteroatoms. The van der Waals surface area contributed by atoms with Gasteiger partial charge in [0.15, 0.2) is 0 Å². The molecule has 0 unspecified atom stereocenters. The van der Waals surface area contributed by atoms with Crippen molar-refractivity contribution in [1.82, 2.24) is 15.3 Å². The Bertz CT molecular complexity index is 1370. The van der Waals surface area contributed by atoms with Gasteiger partial charge in [0.05, 0.1) is 10.6 Å². The van der Waals surface area contributed by atoms with Crippen LogP contribution in [0.4, 0.5) is 5.69 Å². The zero-order valence-corrected chi connectivity index (χ0v) is 18.7. The minimum Gasteiger partial charge on any atom is -0.348 e. The Morgan fingerprint density at radius 1 is 0.939 bits per heavy atom. The summed E-state index contributed by atoms with van der Waals surface area (Å²) in [6.07, 6.45) is 5.12. The number of hydrogen-bond acceptors (Lipinski definition) is 5. The first-order valence-electron chi connectivity index (χ1n) is 10.2. The van der Waals surface area contributed by atoms with Gasteiger partial charge < -0.3 is 5.32 Å². The fourth-order valence-corrected chi connectivity index (χ4v) is 4.47. The van der Waals surface area contributed by atoms with Crippen molar-refractivity contribution in [1.29, 1.82) is 0 Å². The van der Waals surface area contributed by atoms with Gasteiger partial charge in [-0.05, 0) is 72.6 Å². The maximum absolute atomic E-state index is 12.6. The summed E-state index contributed by atoms with van der Waals surface area (Å²) in [6, 6.07) is 20.4. The average Bonchev–Trinajstić information content (AvgIpc) is 2.83. The summed E-state index contributed by atoms with van der Waals surface area (Å²) < 4.78 is 27.7. The number of amides is 1. The van der Waals surface area contributed by atoms with Crippen LogP contribution >= 0.6 is 0 Å².